The van der Waals surface area contributed by atoms with Crippen LogP contribution in [-0.2, 0) is 11.3 Å². The Kier molecular flexibility index (Phi) is 4.88. The van der Waals surface area contributed by atoms with Crippen molar-refractivity contribution in [1.29, 1.82) is 0 Å². The zero-order valence-electron chi connectivity index (χ0n) is 13.9. The number of amides is 1. The molecule has 2 aromatic rings. The summed E-state index contributed by atoms with van der Waals surface area (Å²) >= 11 is 0. The van der Waals surface area contributed by atoms with Gasteiger partial charge in [-0.2, -0.15) is 10.1 Å². The summed E-state index contributed by atoms with van der Waals surface area (Å²) in [6, 6.07) is 2.47. The van der Waals surface area contributed by atoms with E-state index in [-0.39, 0.29) is 18.5 Å². The highest BCUT2D eigenvalue weighted by Gasteiger charge is 2.26. The molecule has 0 atom stereocenters. The fourth-order valence-corrected chi connectivity index (χ4v) is 2.86. The van der Waals surface area contributed by atoms with E-state index in [9.17, 15) is 4.79 Å². The maximum absolute atomic E-state index is 12.3. The molecule has 2 aromatic heterocycles. The number of likely N-dealkylation sites (N-methyl/N-ethyl adjacent to an activating group) is 1. The van der Waals surface area contributed by atoms with Gasteiger partial charge in [-0.25, -0.2) is 14.6 Å². The number of aromatic nitrogens is 5. The summed E-state index contributed by atoms with van der Waals surface area (Å²) in [5.41, 5.74) is 0. The summed E-state index contributed by atoms with van der Waals surface area (Å²) in [6.45, 7) is 1.90. The first-order chi connectivity index (χ1) is 11.7. The summed E-state index contributed by atoms with van der Waals surface area (Å²) in [5, 5.41) is 3.98. The Bertz CT molecular complexity index is 668. The first-order valence-corrected chi connectivity index (χ1v) is 7.87. The van der Waals surface area contributed by atoms with E-state index in [0.717, 1.165) is 31.7 Å². The largest absolute Gasteiger partial charge is 0.467 e. The van der Waals surface area contributed by atoms with Crippen LogP contribution in [0.3, 0.4) is 0 Å². The summed E-state index contributed by atoms with van der Waals surface area (Å²) in [6.07, 6.45) is 6.47. The lowest BCUT2D eigenvalue weighted by Crippen LogP contribution is -2.46. The predicted octanol–water partition coefficient (Wildman–Crippen LogP) is 0.204. The van der Waals surface area contributed by atoms with Gasteiger partial charge in [0.25, 0.3) is 0 Å². The average Bonchev–Trinajstić information content (AvgIpc) is 3.14. The smallest absolute Gasteiger partial charge is 0.318 e. The molecule has 1 fully saturated rings. The number of ether oxygens (including phenoxy) is 1. The first kappa shape index (κ1) is 16.2. The van der Waals surface area contributed by atoms with E-state index >= 15 is 0 Å². The molecule has 3 heterocycles. The second kappa shape index (κ2) is 7.24. The van der Waals surface area contributed by atoms with E-state index in [1.165, 1.54) is 6.33 Å². The van der Waals surface area contributed by atoms with Crippen molar-refractivity contribution in [3.8, 4) is 6.01 Å². The lowest BCUT2D eigenvalue weighted by Gasteiger charge is -2.37. The molecule has 0 N–H and O–H groups in total. The van der Waals surface area contributed by atoms with Crippen LogP contribution in [-0.4, -0.2) is 68.8 Å². The molecule has 24 heavy (non-hydrogen) atoms. The van der Waals surface area contributed by atoms with Crippen LogP contribution in [0.4, 0.5) is 5.82 Å². The topological polar surface area (TPSA) is 89.3 Å². The van der Waals surface area contributed by atoms with Crippen molar-refractivity contribution < 1.29 is 9.53 Å². The average molecular weight is 331 g/mol. The van der Waals surface area contributed by atoms with Crippen LogP contribution >= 0.6 is 0 Å². The van der Waals surface area contributed by atoms with Crippen LogP contribution in [0.25, 0.3) is 0 Å². The Labute approximate surface area is 140 Å². The van der Waals surface area contributed by atoms with E-state index in [1.54, 1.807) is 24.3 Å². The van der Waals surface area contributed by atoms with Crippen molar-refractivity contribution in [2.24, 2.45) is 0 Å². The lowest BCUT2D eigenvalue weighted by molar-refractivity contribution is -0.133. The summed E-state index contributed by atoms with van der Waals surface area (Å²) < 4.78 is 6.61. The standard InChI is InChI=1S/C15H21N7O2/c1-20(14(23)9-22-11-16-10-18-22)12-4-7-21(8-5-12)13-3-6-17-15(19-13)24-2/h3,6,10-12H,4-5,7-9H2,1-2H3. The molecule has 0 aliphatic carbocycles. The molecule has 1 amide bonds. The van der Waals surface area contributed by atoms with Gasteiger partial charge >= 0.3 is 6.01 Å². The Morgan fingerprint density at radius 3 is 2.88 bits per heavy atom. The lowest BCUT2D eigenvalue weighted by atomic mass is 10.0. The van der Waals surface area contributed by atoms with Gasteiger partial charge < -0.3 is 14.5 Å². The number of nitrogens with zero attached hydrogens (tertiary/aromatic N) is 7. The van der Waals surface area contributed by atoms with Gasteiger partial charge in [0, 0.05) is 32.4 Å². The SMILES string of the molecule is COc1nccc(N2CCC(N(C)C(=O)Cn3cncn3)CC2)n1. The van der Waals surface area contributed by atoms with Crippen molar-refractivity contribution in [2.75, 3.05) is 32.1 Å². The van der Waals surface area contributed by atoms with E-state index in [0.29, 0.717) is 6.01 Å². The molecular formula is C15H21N7O2. The van der Waals surface area contributed by atoms with Crippen molar-refractivity contribution in [1.82, 2.24) is 29.6 Å². The Hall–Kier alpha value is -2.71. The molecule has 0 radical (unpaired) electrons. The minimum atomic E-state index is 0.0441. The van der Waals surface area contributed by atoms with Gasteiger partial charge in [-0.15, -0.1) is 0 Å². The second-order valence-electron chi connectivity index (χ2n) is 5.72. The molecule has 1 saturated heterocycles. The molecule has 128 valence electrons. The van der Waals surface area contributed by atoms with Crippen molar-refractivity contribution in [2.45, 2.75) is 25.4 Å². The van der Waals surface area contributed by atoms with Gasteiger partial charge in [0.15, 0.2) is 0 Å². The van der Waals surface area contributed by atoms with E-state index in [1.807, 2.05) is 18.0 Å². The highest BCUT2D eigenvalue weighted by molar-refractivity contribution is 5.76. The minimum Gasteiger partial charge on any atom is -0.467 e. The van der Waals surface area contributed by atoms with E-state index in [2.05, 4.69) is 25.0 Å². The highest BCUT2D eigenvalue weighted by Crippen LogP contribution is 2.21. The summed E-state index contributed by atoms with van der Waals surface area (Å²) in [7, 11) is 3.41. The van der Waals surface area contributed by atoms with Crippen LogP contribution in [0.1, 0.15) is 12.8 Å². The monoisotopic (exact) mass is 331 g/mol. The van der Waals surface area contributed by atoms with Crippen molar-refractivity contribution in [3.63, 3.8) is 0 Å². The van der Waals surface area contributed by atoms with Crippen LogP contribution < -0.4 is 9.64 Å². The molecule has 0 bridgehead atoms. The number of carbonyl (C=O) groups is 1. The molecule has 9 heteroatoms. The number of hydrogen-bond acceptors (Lipinski definition) is 7. The Balaban J connectivity index is 1.55. The zero-order valence-corrected chi connectivity index (χ0v) is 13.9. The molecule has 9 nitrogen and oxygen atoms in total. The molecule has 0 unspecified atom stereocenters. The normalized spacial score (nSPS) is 15.3. The van der Waals surface area contributed by atoms with Gasteiger partial charge in [0.1, 0.15) is 25.0 Å². The zero-order chi connectivity index (χ0) is 16.9. The van der Waals surface area contributed by atoms with Crippen LogP contribution in [0.5, 0.6) is 6.01 Å². The minimum absolute atomic E-state index is 0.0441. The molecule has 0 aromatic carbocycles. The van der Waals surface area contributed by atoms with Crippen LogP contribution in [0, 0.1) is 0 Å². The van der Waals surface area contributed by atoms with E-state index < -0.39 is 0 Å². The molecule has 0 saturated carbocycles. The predicted molar refractivity (Wildman–Crippen MR) is 86.6 cm³/mol. The van der Waals surface area contributed by atoms with Crippen molar-refractivity contribution in [3.05, 3.63) is 24.9 Å². The maximum Gasteiger partial charge on any atom is 0.318 e. The molecule has 1 aliphatic rings. The third-order valence-electron chi connectivity index (χ3n) is 4.29. The number of carbonyl (C=O) groups excluding carboxylic acids is 1. The van der Waals surface area contributed by atoms with Gasteiger partial charge in [-0.3, -0.25) is 4.79 Å². The van der Waals surface area contributed by atoms with E-state index in [4.69, 9.17) is 4.74 Å². The number of rotatable bonds is 5. The first-order valence-electron chi connectivity index (χ1n) is 7.87. The number of hydrogen-bond donors (Lipinski definition) is 0. The summed E-state index contributed by atoms with van der Waals surface area (Å²) in [5.74, 6) is 0.902. The number of piperidine rings is 1. The fourth-order valence-electron chi connectivity index (χ4n) is 2.86. The van der Waals surface area contributed by atoms with Crippen molar-refractivity contribution >= 4 is 11.7 Å². The molecular weight excluding hydrogens is 310 g/mol. The van der Waals surface area contributed by atoms with Crippen LogP contribution in [0.15, 0.2) is 24.9 Å². The second-order valence-corrected chi connectivity index (χ2v) is 5.72. The quantitative estimate of drug-likeness (QED) is 0.773. The molecule has 0 spiro atoms. The third-order valence-corrected chi connectivity index (χ3v) is 4.29. The summed E-state index contributed by atoms with van der Waals surface area (Å²) in [4.78, 5) is 28.6. The van der Waals surface area contributed by atoms with Gasteiger partial charge in [0.05, 0.1) is 7.11 Å². The number of methoxy groups -OCH3 is 1. The van der Waals surface area contributed by atoms with Gasteiger partial charge in [0.2, 0.25) is 5.91 Å². The highest BCUT2D eigenvalue weighted by atomic mass is 16.5. The van der Waals surface area contributed by atoms with Gasteiger partial charge in [-0.1, -0.05) is 0 Å². The fraction of sp³-hybridized carbons (Fsp3) is 0.533. The number of anilines is 1. The molecule has 1 aliphatic heterocycles. The Morgan fingerprint density at radius 2 is 2.21 bits per heavy atom. The van der Waals surface area contributed by atoms with Crippen LogP contribution in [0.2, 0.25) is 0 Å². The third kappa shape index (κ3) is 3.61. The maximum atomic E-state index is 12.3. The Morgan fingerprint density at radius 1 is 1.42 bits per heavy atom. The molecule has 3 rings (SSSR count). The van der Waals surface area contributed by atoms with Gasteiger partial charge in [-0.05, 0) is 18.9 Å².